The van der Waals surface area contributed by atoms with Crippen molar-refractivity contribution in [3.63, 3.8) is 0 Å². The highest BCUT2D eigenvalue weighted by atomic mass is 35.5. The lowest BCUT2D eigenvalue weighted by Crippen LogP contribution is -2.50. The average molecular weight is 368 g/mol. The number of carbonyl (C=O) groups is 1. The summed E-state index contributed by atoms with van der Waals surface area (Å²) < 4.78 is 16.9. The fourth-order valence-corrected chi connectivity index (χ4v) is 4.11. The van der Waals surface area contributed by atoms with Crippen LogP contribution >= 0.6 is 11.6 Å². The molecule has 0 radical (unpaired) electrons. The lowest BCUT2D eigenvalue weighted by Gasteiger charge is -2.42. The fraction of sp³-hybridized carbons (Fsp3) is 0.632. The SMILES string of the molecule is COCCC1CCOC12CCN(C(=O)COc1cccc(Cl)c1)CC2. The maximum Gasteiger partial charge on any atom is 0.260 e. The molecular formula is C19H26ClNO4. The van der Waals surface area contributed by atoms with Gasteiger partial charge in [0.25, 0.3) is 5.91 Å². The Morgan fingerprint density at radius 2 is 2.20 bits per heavy atom. The minimum Gasteiger partial charge on any atom is -0.484 e. The normalized spacial score (nSPS) is 22.3. The van der Waals surface area contributed by atoms with E-state index in [0.29, 0.717) is 16.7 Å². The molecule has 0 N–H and O–H groups in total. The number of halogens is 1. The van der Waals surface area contributed by atoms with Crippen molar-refractivity contribution < 1.29 is 19.0 Å². The molecule has 1 amide bonds. The smallest absolute Gasteiger partial charge is 0.260 e. The van der Waals surface area contributed by atoms with Gasteiger partial charge in [-0.1, -0.05) is 17.7 Å². The van der Waals surface area contributed by atoms with Crippen LogP contribution in [-0.2, 0) is 14.3 Å². The Labute approximate surface area is 154 Å². The molecule has 5 nitrogen and oxygen atoms in total. The number of likely N-dealkylation sites (tertiary alicyclic amines) is 1. The predicted molar refractivity (Wildman–Crippen MR) is 96.0 cm³/mol. The van der Waals surface area contributed by atoms with Crippen molar-refractivity contribution in [2.24, 2.45) is 5.92 Å². The standard InChI is InChI=1S/C19H26ClNO4/c1-23-11-5-15-6-12-25-19(15)7-9-21(10-8-19)18(22)14-24-17-4-2-3-16(20)13-17/h2-4,13,15H,5-12,14H2,1H3. The first-order valence-electron chi connectivity index (χ1n) is 8.92. The molecule has 25 heavy (non-hydrogen) atoms. The maximum absolute atomic E-state index is 12.4. The molecule has 2 heterocycles. The van der Waals surface area contributed by atoms with E-state index in [4.69, 9.17) is 25.8 Å². The molecule has 1 aromatic carbocycles. The Bertz CT molecular complexity index is 587. The molecule has 6 heteroatoms. The van der Waals surface area contributed by atoms with Crippen LogP contribution < -0.4 is 4.74 Å². The molecule has 0 aromatic heterocycles. The van der Waals surface area contributed by atoms with E-state index >= 15 is 0 Å². The highest BCUT2D eigenvalue weighted by molar-refractivity contribution is 6.30. The molecule has 1 spiro atoms. The maximum atomic E-state index is 12.4. The number of nitrogens with zero attached hydrogens (tertiary/aromatic N) is 1. The van der Waals surface area contributed by atoms with Gasteiger partial charge in [0.1, 0.15) is 5.75 Å². The Kier molecular flexibility index (Phi) is 6.20. The fourth-order valence-electron chi connectivity index (χ4n) is 3.93. The van der Waals surface area contributed by atoms with Gasteiger partial charge in [-0.3, -0.25) is 4.79 Å². The number of benzene rings is 1. The predicted octanol–water partition coefficient (Wildman–Crippen LogP) is 3.15. The van der Waals surface area contributed by atoms with Crippen LogP contribution in [-0.4, -0.2) is 56.4 Å². The van der Waals surface area contributed by atoms with Gasteiger partial charge in [-0.2, -0.15) is 0 Å². The average Bonchev–Trinajstić information content (AvgIpc) is 3.00. The first-order valence-corrected chi connectivity index (χ1v) is 9.30. The second-order valence-corrected chi connectivity index (χ2v) is 7.24. The van der Waals surface area contributed by atoms with E-state index in [9.17, 15) is 4.79 Å². The molecular weight excluding hydrogens is 342 g/mol. The van der Waals surface area contributed by atoms with Gasteiger partial charge in [-0.15, -0.1) is 0 Å². The van der Waals surface area contributed by atoms with Gasteiger partial charge in [0.2, 0.25) is 0 Å². The molecule has 2 aliphatic rings. The van der Waals surface area contributed by atoms with Gasteiger partial charge < -0.3 is 19.1 Å². The molecule has 1 unspecified atom stereocenters. The van der Waals surface area contributed by atoms with Crippen molar-refractivity contribution >= 4 is 17.5 Å². The zero-order valence-corrected chi connectivity index (χ0v) is 15.5. The van der Waals surface area contributed by atoms with Gasteiger partial charge in [-0.05, 0) is 49.8 Å². The molecule has 2 aliphatic heterocycles. The molecule has 1 atom stereocenters. The van der Waals surface area contributed by atoms with Crippen LogP contribution in [0, 0.1) is 5.92 Å². The van der Waals surface area contributed by atoms with Crippen LogP contribution in [0.3, 0.4) is 0 Å². The van der Waals surface area contributed by atoms with Gasteiger partial charge >= 0.3 is 0 Å². The van der Waals surface area contributed by atoms with Crippen molar-refractivity contribution in [1.82, 2.24) is 4.90 Å². The van der Waals surface area contributed by atoms with Crippen LogP contribution in [0.25, 0.3) is 0 Å². The summed E-state index contributed by atoms with van der Waals surface area (Å²) in [5, 5.41) is 0.602. The summed E-state index contributed by atoms with van der Waals surface area (Å²) in [5.41, 5.74) is -0.0663. The first kappa shape index (κ1) is 18.5. The molecule has 0 aliphatic carbocycles. The van der Waals surface area contributed by atoms with Gasteiger partial charge in [0.15, 0.2) is 6.61 Å². The Morgan fingerprint density at radius 3 is 2.92 bits per heavy atom. The van der Waals surface area contributed by atoms with Crippen molar-refractivity contribution in [1.29, 1.82) is 0 Å². The third-order valence-electron chi connectivity index (χ3n) is 5.39. The van der Waals surface area contributed by atoms with E-state index < -0.39 is 0 Å². The highest BCUT2D eigenvalue weighted by Gasteiger charge is 2.46. The summed E-state index contributed by atoms with van der Waals surface area (Å²) in [6.07, 6.45) is 3.91. The summed E-state index contributed by atoms with van der Waals surface area (Å²) in [4.78, 5) is 14.3. The molecule has 0 bridgehead atoms. The number of methoxy groups -OCH3 is 1. The zero-order valence-electron chi connectivity index (χ0n) is 14.7. The van der Waals surface area contributed by atoms with Gasteiger partial charge in [0.05, 0.1) is 5.60 Å². The molecule has 2 saturated heterocycles. The topological polar surface area (TPSA) is 48.0 Å². The largest absolute Gasteiger partial charge is 0.484 e. The lowest BCUT2D eigenvalue weighted by atomic mass is 9.78. The summed E-state index contributed by atoms with van der Waals surface area (Å²) in [5.74, 6) is 1.17. The minimum absolute atomic E-state index is 0.0151. The molecule has 3 rings (SSSR count). The van der Waals surface area contributed by atoms with Crippen molar-refractivity contribution in [3.05, 3.63) is 29.3 Å². The Morgan fingerprint density at radius 1 is 1.40 bits per heavy atom. The monoisotopic (exact) mass is 367 g/mol. The third-order valence-corrected chi connectivity index (χ3v) is 5.63. The van der Waals surface area contributed by atoms with E-state index in [1.807, 2.05) is 11.0 Å². The number of carbonyl (C=O) groups excluding carboxylic acids is 1. The Balaban J connectivity index is 1.49. The van der Waals surface area contributed by atoms with Crippen LogP contribution in [0.15, 0.2) is 24.3 Å². The first-order chi connectivity index (χ1) is 12.1. The van der Waals surface area contributed by atoms with Crippen molar-refractivity contribution in [2.75, 3.05) is 40.0 Å². The number of rotatable bonds is 6. The van der Waals surface area contributed by atoms with E-state index in [1.165, 1.54) is 0 Å². The minimum atomic E-state index is -0.0663. The highest BCUT2D eigenvalue weighted by Crippen LogP contribution is 2.42. The van der Waals surface area contributed by atoms with E-state index in [-0.39, 0.29) is 18.1 Å². The van der Waals surface area contributed by atoms with Gasteiger partial charge in [0, 0.05) is 38.4 Å². The quantitative estimate of drug-likeness (QED) is 0.775. The third kappa shape index (κ3) is 4.46. The molecule has 138 valence electrons. The van der Waals surface area contributed by atoms with Crippen molar-refractivity contribution in [2.45, 2.75) is 31.3 Å². The molecule has 0 saturated carbocycles. The molecule has 1 aromatic rings. The number of amides is 1. The van der Waals surface area contributed by atoms with Crippen LogP contribution in [0.4, 0.5) is 0 Å². The van der Waals surface area contributed by atoms with Crippen LogP contribution in [0.5, 0.6) is 5.75 Å². The molecule has 2 fully saturated rings. The Hall–Kier alpha value is -1.30. The second kappa shape index (κ2) is 8.39. The van der Waals surface area contributed by atoms with E-state index in [0.717, 1.165) is 52.0 Å². The van der Waals surface area contributed by atoms with E-state index in [2.05, 4.69) is 0 Å². The van der Waals surface area contributed by atoms with Crippen LogP contribution in [0.2, 0.25) is 5.02 Å². The second-order valence-electron chi connectivity index (χ2n) is 6.81. The lowest BCUT2D eigenvalue weighted by molar-refractivity contribution is -0.139. The van der Waals surface area contributed by atoms with Gasteiger partial charge in [-0.25, -0.2) is 0 Å². The number of ether oxygens (including phenoxy) is 3. The number of hydrogen-bond acceptors (Lipinski definition) is 4. The summed E-state index contributed by atoms with van der Waals surface area (Å²) in [7, 11) is 1.74. The van der Waals surface area contributed by atoms with Crippen molar-refractivity contribution in [3.8, 4) is 5.75 Å². The number of piperidine rings is 1. The zero-order chi connectivity index (χ0) is 17.7. The summed E-state index contributed by atoms with van der Waals surface area (Å²) in [6, 6.07) is 7.11. The summed E-state index contributed by atoms with van der Waals surface area (Å²) >= 11 is 5.93. The van der Waals surface area contributed by atoms with Crippen LogP contribution in [0.1, 0.15) is 25.7 Å². The number of hydrogen-bond donors (Lipinski definition) is 0. The summed E-state index contributed by atoms with van der Waals surface area (Å²) in [6.45, 7) is 3.08. The van der Waals surface area contributed by atoms with E-state index in [1.54, 1.807) is 25.3 Å².